The molecular formula is C5H7ClO4S. The summed E-state index contributed by atoms with van der Waals surface area (Å²) in [4.78, 5) is 10.9. The molecule has 6 heteroatoms. The number of hydrogen-bond acceptors (Lipinski definition) is 4. The van der Waals surface area contributed by atoms with Crippen LogP contribution < -0.4 is 0 Å². The zero-order valence-electron chi connectivity index (χ0n) is 5.83. The zero-order valence-corrected chi connectivity index (χ0v) is 7.41. The predicted molar refractivity (Wildman–Crippen MR) is 38.8 cm³/mol. The van der Waals surface area contributed by atoms with Gasteiger partial charge in [0.2, 0.25) is 9.05 Å². The molecule has 0 bridgehead atoms. The topological polar surface area (TPSA) is 60.4 Å². The van der Waals surface area contributed by atoms with Crippen LogP contribution >= 0.6 is 10.7 Å². The average Bonchev–Trinajstić information content (AvgIpc) is 2.63. The molecule has 1 saturated carbocycles. The maximum Gasteiger partial charge on any atom is 0.328 e. The van der Waals surface area contributed by atoms with E-state index < -0.39 is 19.8 Å². The molecule has 0 radical (unpaired) electrons. The quantitative estimate of drug-likeness (QED) is 0.472. The number of carbonyl (C=O) groups excluding carboxylic acids is 1. The first-order chi connectivity index (χ1) is 4.94. The Morgan fingerprint density at radius 2 is 2.00 bits per heavy atom. The number of methoxy groups -OCH3 is 1. The van der Waals surface area contributed by atoms with Gasteiger partial charge in [-0.1, -0.05) is 0 Å². The van der Waals surface area contributed by atoms with E-state index in [-0.39, 0.29) is 12.8 Å². The van der Waals surface area contributed by atoms with Crippen molar-refractivity contribution in [3.05, 3.63) is 0 Å². The molecule has 0 aromatic rings. The fourth-order valence-corrected chi connectivity index (χ4v) is 2.37. The van der Waals surface area contributed by atoms with Crippen molar-refractivity contribution in [1.82, 2.24) is 0 Å². The minimum atomic E-state index is -3.80. The summed E-state index contributed by atoms with van der Waals surface area (Å²) >= 11 is 0. The molecule has 0 heterocycles. The normalized spacial score (nSPS) is 20.9. The van der Waals surface area contributed by atoms with Crippen molar-refractivity contribution >= 4 is 25.7 Å². The Balaban J connectivity index is 2.94. The van der Waals surface area contributed by atoms with Crippen molar-refractivity contribution < 1.29 is 17.9 Å². The summed E-state index contributed by atoms with van der Waals surface area (Å²) in [6.45, 7) is 0. The first-order valence-corrected chi connectivity index (χ1v) is 5.27. The molecule has 4 nitrogen and oxygen atoms in total. The Kier molecular flexibility index (Phi) is 1.88. The second-order valence-corrected chi connectivity index (χ2v) is 5.30. The van der Waals surface area contributed by atoms with Gasteiger partial charge < -0.3 is 4.74 Å². The van der Waals surface area contributed by atoms with E-state index in [1.807, 2.05) is 0 Å². The monoisotopic (exact) mass is 198 g/mol. The molecule has 11 heavy (non-hydrogen) atoms. The number of hydrogen-bond donors (Lipinski definition) is 0. The fourth-order valence-electron chi connectivity index (χ4n) is 0.847. The second-order valence-electron chi connectivity index (χ2n) is 2.42. The third-order valence-corrected chi connectivity index (χ3v) is 4.12. The molecule has 0 aromatic carbocycles. The lowest BCUT2D eigenvalue weighted by Crippen LogP contribution is -2.30. The predicted octanol–water partition coefficient (Wildman–Crippen LogP) is 0.261. The Bertz CT molecular complexity index is 277. The summed E-state index contributed by atoms with van der Waals surface area (Å²) in [6.07, 6.45) is 0.539. The van der Waals surface area contributed by atoms with Crippen LogP contribution in [0.25, 0.3) is 0 Å². The molecule has 0 atom stereocenters. The van der Waals surface area contributed by atoms with Crippen molar-refractivity contribution in [2.24, 2.45) is 0 Å². The number of ether oxygens (including phenoxy) is 1. The van der Waals surface area contributed by atoms with Gasteiger partial charge in [-0.05, 0) is 12.8 Å². The molecule has 1 fully saturated rings. The SMILES string of the molecule is COC(=O)C1(S(=O)(=O)Cl)CC1. The third kappa shape index (κ3) is 1.22. The van der Waals surface area contributed by atoms with Gasteiger partial charge in [-0.2, -0.15) is 0 Å². The molecule has 64 valence electrons. The molecule has 0 unspecified atom stereocenters. The minimum absolute atomic E-state index is 0.269. The summed E-state index contributed by atoms with van der Waals surface area (Å²) in [6, 6.07) is 0. The lowest BCUT2D eigenvalue weighted by atomic mass is 10.4. The Labute approximate surface area is 68.9 Å². The van der Waals surface area contributed by atoms with Gasteiger partial charge in [0.1, 0.15) is 0 Å². The summed E-state index contributed by atoms with van der Waals surface area (Å²) in [5, 5.41) is 0. The smallest absolute Gasteiger partial charge is 0.328 e. The molecule has 1 rings (SSSR count). The van der Waals surface area contributed by atoms with Crippen LogP contribution in [0.5, 0.6) is 0 Å². The van der Waals surface area contributed by atoms with E-state index in [9.17, 15) is 13.2 Å². The number of rotatable bonds is 2. The standard InChI is InChI=1S/C5H7ClO4S/c1-10-4(7)5(2-3-5)11(6,8)9/h2-3H2,1H3. The lowest BCUT2D eigenvalue weighted by Gasteiger charge is -2.06. The molecule has 0 spiro atoms. The molecule has 0 aromatic heterocycles. The highest BCUT2D eigenvalue weighted by Crippen LogP contribution is 2.46. The van der Waals surface area contributed by atoms with Crippen LogP contribution in [0.1, 0.15) is 12.8 Å². The average molecular weight is 199 g/mol. The molecule has 0 aliphatic heterocycles. The largest absolute Gasteiger partial charge is 0.468 e. The van der Waals surface area contributed by atoms with Gasteiger partial charge in [0, 0.05) is 10.7 Å². The molecule has 0 N–H and O–H groups in total. The minimum Gasteiger partial charge on any atom is -0.468 e. The summed E-state index contributed by atoms with van der Waals surface area (Å²) in [7, 11) is 2.37. The van der Waals surface area contributed by atoms with Crippen LogP contribution in [-0.2, 0) is 18.6 Å². The van der Waals surface area contributed by atoms with Gasteiger partial charge in [-0.3, -0.25) is 4.79 Å². The van der Waals surface area contributed by atoms with Crippen LogP contribution in [0.4, 0.5) is 0 Å². The first kappa shape index (κ1) is 8.80. The number of esters is 1. The van der Waals surface area contributed by atoms with Crippen molar-refractivity contribution in [2.75, 3.05) is 7.11 Å². The summed E-state index contributed by atoms with van der Waals surface area (Å²) in [5.41, 5.74) is 0. The number of carbonyl (C=O) groups is 1. The van der Waals surface area contributed by atoms with E-state index in [0.29, 0.717) is 0 Å². The summed E-state index contributed by atoms with van der Waals surface area (Å²) in [5.74, 6) is -0.757. The van der Waals surface area contributed by atoms with Crippen LogP contribution in [0.2, 0.25) is 0 Å². The van der Waals surface area contributed by atoms with Crippen LogP contribution in [0.15, 0.2) is 0 Å². The van der Waals surface area contributed by atoms with Gasteiger partial charge >= 0.3 is 5.97 Å². The van der Waals surface area contributed by atoms with Crippen molar-refractivity contribution in [3.8, 4) is 0 Å². The van der Waals surface area contributed by atoms with E-state index in [2.05, 4.69) is 4.74 Å². The van der Waals surface area contributed by atoms with E-state index in [1.165, 1.54) is 0 Å². The highest BCUT2D eigenvalue weighted by Gasteiger charge is 2.61. The Morgan fingerprint density at radius 3 is 2.09 bits per heavy atom. The number of halogens is 1. The van der Waals surface area contributed by atoms with Crippen molar-refractivity contribution in [2.45, 2.75) is 17.6 Å². The highest BCUT2D eigenvalue weighted by atomic mass is 35.7. The first-order valence-electron chi connectivity index (χ1n) is 2.97. The fraction of sp³-hybridized carbons (Fsp3) is 0.800. The van der Waals surface area contributed by atoms with E-state index in [4.69, 9.17) is 10.7 Å². The van der Waals surface area contributed by atoms with Crippen LogP contribution in [0, 0.1) is 0 Å². The third-order valence-electron chi connectivity index (χ3n) is 1.73. The van der Waals surface area contributed by atoms with E-state index in [0.717, 1.165) is 7.11 Å². The van der Waals surface area contributed by atoms with Gasteiger partial charge in [0.05, 0.1) is 7.11 Å². The Hall–Kier alpha value is -0.290. The maximum absolute atomic E-state index is 10.9. The van der Waals surface area contributed by atoms with Crippen LogP contribution in [0.3, 0.4) is 0 Å². The summed E-state index contributed by atoms with van der Waals surface area (Å²) < 4.78 is 24.4. The Morgan fingerprint density at radius 1 is 1.55 bits per heavy atom. The van der Waals surface area contributed by atoms with Crippen LogP contribution in [-0.4, -0.2) is 26.2 Å². The van der Waals surface area contributed by atoms with Gasteiger partial charge in [-0.15, -0.1) is 0 Å². The molecule has 1 aliphatic rings. The molecular weight excluding hydrogens is 192 g/mol. The van der Waals surface area contributed by atoms with Gasteiger partial charge in [0.25, 0.3) is 0 Å². The van der Waals surface area contributed by atoms with Crippen molar-refractivity contribution in [1.29, 1.82) is 0 Å². The van der Waals surface area contributed by atoms with E-state index in [1.54, 1.807) is 0 Å². The maximum atomic E-state index is 10.9. The van der Waals surface area contributed by atoms with Gasteiger partial charge in [0.15, 0.2) is 4.75 Å². The highest BCUT2D eigenvalue weighted by molar-refractivity contribution is 8.15. The lowest BCUT2D eigenvalue weighted by molar-refractivity contribution is -0.140. The van der Waals surface area contributed by atoms with Gasteiger partial charge in [-0.25, -0.2) is 8.42 Å². The van der Waals surface area contributed by atoms with E-state index >= 15 is 0 Å². The zero-order chi connectivity index (χ0) is 8.70. The molecule has 0 saturated heterocycles. The molecule has 0 amide bonds. The van der Waals surface area contributed by atoms with Crippen molar-refractivity contribution in [3.63, 3.8) is 0 Å². The second kappa shape index (κ2) is 2.35. The molecule has 1 aliphatic carbocycles.